The molecular weight excluding hydrogens is 202 g/mol. The Balaban J connectivity index is 3.40. The minimum absolute atomic E-state index is 0.377. The van der Waals surface area contributed by atoms with Crippen LogP contribution in [-0.2, 0) is 0 Å². The Kier molecular flexibility index (Phi) is 2.96. The smallest absolute Gasteiger partial charge is 0.267 e. The predicted molar refractivity (Wildman–Crippen MR) is 56.0 cm³/mol. The van der Waals surface area contributed by atoms with Crippen LogP contribution in [0.1, 0.15) is 28.9 Å². The minimum Gasteiger partial charge on any atom is -0.364 e. The van der Waals surface area contributed by atoms with Crippen molar-refractivity contribution in [1.82, 2.24) is 9.55 Å². The van der Waals surface area contributed by atoms with Crippen molar-refractivity contribution in [2.24, 2.45) is 5.73 Å². The summed E-state index contributed by atoms with van der Waals surface area (Å²) in [6.45, 7) is 5.25. The summed E-state index contributed by atoms with van der Waals surface area (Å²) in [6, 6.07) is 0. The van der Waals surface area contributed by atoms with Crippen LogP contribution in [0.5, 0.6) is 0 Å². The summed E-state index contributed by atoms with van der Waals surface area (Å²) < 4.78 is 1.60. The quantitative estimate of drug-likeness (QED) is 0.812. The van der Waals surface area contributed by atoms with Gasteiger partial charge in [0, 0.05) is 11.2 Å². The molecule has 0 bridgehead atoms. The molecule has 0 atom stereocenters. The van der Waals surface area contributed by atoms with E-state index < -0.39 is 5.91 Å². The molecule has 0 fully saturated rings. The van der Waals surface area contributed by atoms with Crippen LogP contribution in [0.4, 0.5) is 0 Å². The third-order valence-electron chi connectivity index (χ3n) is 1.80. The van der Waals surface area contributed by atoms with Gasteiger partial charge in [-0.2, -0.15) is 0 Å². The van der Waals surface area contributed by atoms with Crippen molar-refractivity contribution < 1.29 is 4.79 Å². The van der Waals surface area contributed by atoms with E-state index in [1.54, 1.807) is 31.5 Å². The molecule has 5 heteroatoms. The summed E-state index contributed by atoms with van der Waals surface area (Å²) in [5.74, 6) is 0.188. The lowest BCUT2D eigenvalue weighted by Gasteiger charge is -2.02. The largest absolute Gasteiger partial charge is 0.364 e. The molecule has 0 aromatic carbocycles. The summed E-state index contributed by atoms with van der Waals surface area (Å²) in [7, 11) is 0. The van der Waals surface area contributed by atoms with E-state index in [0.717, 1.165) is 0 Å². The SMILES string of the molecule is C/C(Cl)=C\n1c(C)nc(C)c1C(N)=O. The van der Waals surface area contributed by atoms with E-state index in [9.17, 15) is 4.79 Å². The summed E-state index contributed by atoms with van der Waals surface area (Å²) >= 11 is 5.73. The second kappa shape index (κ2) is 3.84. The van der Waals surface area contributed by atoms with Crippen LogP contribution in [0, 0.1) is 13.8 Å². The van der Waals surface area contributed by atoms with Crippen molar-refractivity contribution in [3.63, 3.8) is 0 Å². The van der Waals surface area contributed by atoms with E-state index in [2.05, 4.69) is 4.98 Å². The zero-order chi connectivity index (χ0) is 10.9. The number of aromatic nitrogens is 2. The molecule has 0 unspecified atom stereocenters. The molecule has 1 aromatic rings. The third kappa shape index (κ3) is 1.96. The van der Waals surface area contributed by atoms with Gasteiger partial charge < -0.3 is 5.73 Å². The van der Waals surface area contributed by atoms with Crippen LogP contribution in [-0.4, -0.2) is 15.5 Å². The first kappa shape index (κ1) is 10.8. The number of halogens is 1. The Hall–Kier alpha value is -1.29. The number of aryl methyl sites for hydroxylation is 2. The number of amides is 1. The Bertz CT molecular complexity index is 402. The molecule has 0 aliphatic carbocycles. The summed E-state index contributed by atoms with van der Waals surface area (Å²) in [5, 5.41) is 0.563. The van der Waals surface area contributed by atoms with Crippen molar-refractivity contribution in [2.75, 3.05) is 0 Å². The highest BCUT2D eigenvalue weighted by atomic mass is 35.5. The van der Waals surface area contributed by atoms with Gasteiger partial charge in [-0.15, -0.1) is 0 Å². The first-order valence-electron chi connectivity index (χ1n) is 4.12. The molecule has 2 N–H and O–H groups in total. The number of hydrogen-bond donors (Lipinski definition) is 1. The fourth-order valence-electron chi connectivity index (χ4n) is 1.32. The Morgan fingerprint density at radius 3 is 2.57 bits per heavy atom. The molecule has 14 heavy (non-hydrogen) atoms. The minimum atomic E-state index is -0.503. The van der Waals surface area contributed by atoms with Gasteiger partial charge in [-0.05, 0) is 20.8 Å². The highest BCUT2D eigenvalue weighted by Gasteiger charge is 2.14. The molecule has 0 spiro atoms. The molecule has 4 nitrogen and oxygen atoms in total. The third-order valence-corrected chi connectivity index (χ3v) is 1.90. The highest BCUT2D eigenvalue weighted by molar-refractivity contribution is 6.30. The average Bonchev–Trinajstić information content (AvgIpc) is 2.25. The van der Waals surface area contributed by atoms with E-state index >= 15 is 0 Å². The van der Waals surface area contributed by atoms with Crippen LogP contribution >= 0.6 is 11.6 Å². The fourth-order valence-corrected chi connectivity index (χ4v) is 1.42. The van der Waals surface area contributed by atoms with Crippen LogP contribution in [0.3, 0.4) is 0 Å². The van der Waals surface area contributed by atoms with Crippen LogP contribution < -0.4 is 5.73 Å². The number of hydrogen-bond acceptors (Lipinski definition) is 2. The van der Waals surface area contributed by atoms with E-state index in [1.165, 1.54) is 0 Å². The lowest BCUT2D eigenvalue weighted by molar-refractivity contribution is 0.0993. The molecule has 0 saturated carbocycles. The van der Waals surface area contributed by atoms with Gasteiger partial charge >= 0.3 is 0 Å². The standard InChI is InChI=1S/C9H12ClN3O/c1-5(10)4-13-7(3)12-6(2)8(13)9(11)14/h4H,1-3H3,(H2,11,14)/b5-4+. The topological polar surface area (TPSA) is 60.9 Å². The molecule has 1 rings (SSSR count). The van der Waals surface area contributed by atoms with Gasteiger partial charge in [0.05, 0.1) is 5.69 Å². The first-order valence-corrected chi connectivity index (χ1v) is 4.50. The van der Waals surface area contributed by atoms with Gasteiger partial charge in [0.15, 0.2) is 0 Å². The monoisotopic (exact) mass is 213 g/mol. The van der Waals surface area contributed by atoms with Gasteiger partial charge in [-0.3, -0.25) is 9.36 Å². The zero-order valence-electron chi connectivity index (χ0n) is 8.34. The van der Waals surface area contributed by atoms with Crippen LogP contribution in [0.2, 0.25) is 0 Å². The van der Waals surface area contributed by atoms with E-state index in [4.69, 9.17) is 17.3 Å². The average molecular weight is 214 g/mol. The van der Waals surface area contributed by atoms with Gasteiger partial charge in [0.1, 0.15) is 11.5 Å². The lowest BCUT2D eigenvalue weighted by Crippen LogP contribution is -2.16. The van der Waals surface area contributed by atoms with Crippen molar-refractivity contribution in [1.29, 1.82) is 0 Å². The van der Waals surface area contributed by atoms with Gasteiger partial charge in [-0.1, -0.05) is 11.6 Å². The molecule has 1 amide bonds. The number of allylic oxidation sites excluding steroid dienone is 1. The molecule has 0 aliphatic rings. The predicted octanol–water partition coefficient (Wildman–Crippen LogP) is 1.66. The maximum absolute atomic E-state index is 11.1. The Labute approximate surface area is 87.4 Å². The normalized spacial score (nSPS) is 11.9. The molecule has 1 heterocycles. The van der Waals surface area contributed by atoms with E-state index in [-0.39, 0.29) is 0 Å². The summed E-state index contributed by atoms with van der Waals surface area (Å²) in [4.78, 5) is 15.3. The van der Waals surface area contributed by atoms with Crippen LogP contribution in [0.25, 0.3) is 6.20 Å². The van der Waals surface area contributed by atoms with Gasteiger partial charge in [0.25, 0.3) is 5.91 Å². The molecule has 0 aliphatic heterocycles. The number of nitrogens with two attached hydrogens (primary N) is 1. The second-order valence-electron chi connectivity index (χ2n) is 3.04. The zero-order valence-corrected chi connectivity index (χ0v) is 9.09. The number of nitrogens with zero attached hydrogens (tertiary/aromatic N) is 2. The number of imidazole rings is 1. The maximum Gasteiger partial charge on any atom is 0.267 e. The summed E-state index contributed by atoms with van der Waals surface area (Å²) in [6.07, 6.45) is 1.62. The van der Waals surface area contributed by atoms with Crippen molar-refractivity contribution >= 4 is 23.7 Å². The number of carbonyl (C=O) groups is 1. The van der Waals surface area contributed by atoms with E-state index in [1.807, 2.05) is 0 Å². The Morgan fingerprint density at radius 1 is 1.57 bits per heavy atom. The number of carbonyl (C=O) groups excluding carboxylic acids is 1. The fraction of sp³-hybridized carbons (Fsp3) is 0.333. The molecule has 1 aromatic heterocycles. The molecule has 0 radical (unpaired) electrons. The maximum atomic E-state index is 11.1. The van der Waals surface area contributed by atoms with Gasteiger partial charge in [0.2, 0.25) is 0 Å². The highest BCUT2D eigenvalue weighted by Crippen LogP contribution is 2.13. The van der Waals surface area contributed by atoms with Gasteiger partial charge in [-0.25, -0.2) is 4.98 Å². The van der Waals surface area contributed by atoms with Crippen molar-refractivity contribution in [3.8, 4) is 0 Å². The molecule has 76 valence electrons. The first-order chi connectivity index (χ1) is 6.43. The summed E-state index contributed by atoms with van der Waals surface area (Å²) in [5.41, 5.74) is 6.22. The van der Waals surface area contributed by atoms with Crippen LogP contribution in [0.15, 0.2) is 5.03 Å². The molecule has 0 saturated heterocycles. The molecular formula is C9H12ClN3O. The van der Waals surface area contributed by atoms with E-state index in [0.29, 0.717) is 22.2 Å². The second-order valence-corrected chi connectivity index (χ2v) is 3.64. The van der Waals surface area contributed by atoms with Crippen molar-refractivity contribution in [2.45, 2.75) is 20.8 Å². The van der Waals surface area contributed by atoms with Crippen molar-refractivity contribution in [3.05, 3.63) is 22.2 Å². The number of rotatable bonds is 2. The lowest BCUT2D eigenvalue weighted by atomic mass is 10.3. The number of primary amides is 1. The Morgan fingerprint density at radius 2 is 2.14 bits per heavy atom.